The smallest absolute Gasteiger partial charge is 0.255 e. The van der Waals surface area contributed by atoms with Crippen LogP contribution in [0.25, 0.3) is 0 Å². The number of nitrogen functional groups attached to an aromatic ring is 1. The van der Waals surface area contributed by atoms with Crippen LogP contribution in [-0.2, 0) is 17.7 Å². The van der Waals surface area contributed by atoms with Crippen LogP contribution in [0.5, 0.6) is 0 Å². The first-order valence-electron chi connectivity index (χ1n) is 9.68. The highest BCUT2D eigenvalue weighted by Gasteiger charge is 2.22. The maximum atomic E-state index is 12.5. The first-order valence-corrected chi connectivity index (χ1v) is 9.68. The molecule has 0 aliphatic heterocycles. The third-order valence-electron chi connectivity index (χ3n) is 5.45. The zero-order valence-corrected chi connectivity index (χ0v) is 16.1. The fourth-order valence-electron chi connectivity index (χ4n) is 3.77. The zero-order valence-electron chi connectivity index (χ0n) is 16.1. The number of carbonyl (C=O) groups excluding carboxylic acids is 1. The monoisotopic (exact) mass is 381 g/mol. The Morgan fingerprint density at radius 2 is 1.96 bits per heavy atom. The summed E-state index contributed by atoms with van der Waals surface area (Å²) in [6.07, 6.45) is 4.55. The van der Waals surface area contributed by atoms with Crippen LogP contribution in [-0.4, -0.2) is 23.1 Å². The molecule has 1 amide bonds. The highest BCUT2D eigenvalue weighted by atomic mass is 17.1. The van der Waals surface area contributed by atoms with Gasteiger partial charge in [-0.15, -0.1) is 0 Å². The van der Waals surface area contributed by atoms with Gasteiger partial charge in [-0.2, -0.15) is 0 Å². The van der Waals surface area contributed by atoms with Crippen molar-refractivity contribution in [2.24, 2.45) is 11.7 Å². The lowest BCUT2D eigenvalue weighted by Gasteiger charge is -2.27. The van der Waals surface area contributed by atoms with Crippen LogP contribution in [0.4, 0.5) is 5.69 Å². The van der Waals surface area contributed by atoms with E-state index in [2.05, 4.69) is 16.3 Å². The lowest BCUT2D eigenvalue weighted by atomic mass is 9.81. The Labute approximate surface area is 165 Å². The van der Waals surface area contributed by atoms with E-state index in [1.165, 1.54) is 11.1 Å². The number of anilines is 1. The van der Waals surface area contributed by atoms with Gasteiger partial charge >= 0.3 is 0 Å². The van der Waals surface area contributed by atoms with Crippen molar-refractivity contribution >= 4 is 17.4 Å². The van der Waals surface area contributed by atoms with Crippen LogP contribution in [0, 0.1) is 11.3 Å². The molecule has 2 unspecified atom stereocenters. The fraction of sp³-hybridized carbons (Fsp3) is 0.364. The van der Waals surface area contributed by atoms with E-state index < -0.39 is 0 Å². The fourth-order valence-corrected chi connectivity index (χ4v) is 3.77. The van der Waals surface area contributed by atoms with E-state index in [0.717, 1.165) is 37.8 Å². The molecule has 6 heteroatoms. The normalized spacial score (nSPS) is 16.9. The maximum Gasteiger partial charge on any atom is 0.255 e. The molecule has 0 spiro atoms. The van der Waals surface area contributed by atoms with Crippen molar-refractivity contribution in [2.45, 2.75) is 45.1 Å². The Kier molecular flexibility index (Phi) is 6.44. The standard InChI is InChI=1S/C22H27N3O3/c1-2-20(28-27)12-14-3-4-18-13-19(10-9-17(18)11-14)25-22(26)16-7-5-15(6-8-16)21(23)24/h5-10,13-14,20,27H,2-4,11-12H2,1H3,(H3,23,24)(H,25,26). The average molecular weight is 381 g/mol. The van der Waals surface area contributed by atoms with E-state index in [4.69, 9.17) is 16.4 Å². The van der Waals surface area contributed by atoms with Gasteiger partial charge in [-0.1, -0.05) is 25.1 Å². The zero-order chi connectivity index (χ0) is 20.1. The summed E-state index contributed by atoms with van der Waals surface area (Å²) in [7, 11) is 0. The second kappa shape index (κ2) is 8.99. The van der Waals surface area contributed by atoms with E-state index >= 15 is 0 Å². The number of rotatable bonds is 7. The summed E-state index contributed by atoms with van der Waals surface area (Å²) in [6, 6.07) is 12.7. The molecule has 0 radical (unpaired) electrons. The molecule has 5 N–H and O–H groups in total. The molecule has 0 aromatic heterocycles. The summed E-state index contributed by atoms with van der Waals surface area (Å²) < 4.78 is 0. The van der Waals surface area contributed by atoms with Crippen LogP contribution in [0.1, 0.15) is 53.2 Å². The number of benzene rings is 2. The first-order chi connectivity index (χ1) is 13.5. The Morgan fingerprint density at radius 1 is 1.25 bits per heavy atom. The van der Waals surface area contributed by atoms with Gasteiger partial charge in [0.25, 0.3) is 5.91 Å². The summed E-state index contributed by atoms with van der Waals surface area (Å²) in [5, 5.41) is 19.3. The van der Waals surface area contributed by atoms with Crippen molar-refractivity contribution in [3.63, 3.8) is 0 Å². The van der Waals surface area contributed by atoms with Crippen molar-refractivity contribution in [1.29, 1.82) is 5.41 Å². The van der Waals surface area contributed by atoms with Gasteiger partial charge in [0, 0.05) is 16.8 Å². The number of amides is 1. The maximum absolute atomic E-state index is 12.5. The molecule has 0 fully saturated rings. The Bertz CT molecular complexity index is 845. The molecule has 0 heterocycles. The summed E-state index contributed by atoms with van der Waals surface area (Å²) in [5.74, 6) is 0.301. The predicted molar refractivity (Wildman–Crippen MR) is 110 cm³/mol. The molecular formula is C22H27N3O3. The largest absolute Gasteiger partial charge is 0.384 e. The Hall–Kier alpha value is -2.70. The first kappa shape index (κ1) is 20.0. The molecule has 0 saturated carbocycles. The van der Waals surface area contributed by atoms with E-state index in [0.29, 0.717) is 17.0 Å². The summed E-state index contributed by atoms with van der Waals surface area (Å²) in [4.78, 5) is 17.0. The van der Waals surface area contributed by atoms with Gasteiger partial charge in [0.1, 0.15) is 5.84 Å². The molecule has 148 valence electrons. The van der Waals surface area contributed by atoms with Crippen LogP contribution in [0.3, 0.4) is 0 Å². The molecular weight excluding hydrogens is 354 g/mol. The number of carbonyl (C=O) groups is 1. The molecule has 1 aliphatic carbocycles. The van der Waals surface area contributed by atoms with Crippen LogP contribution >= 0.6 is 0 Å². The van der Waals surface area contributed by atoms with Gasteiger partial charge in [-0.25, -0.2) is 4.89 Å². The molecule has 2 aromatic rings. The number of fused-ring (bicyclic) bond motifs is 1. The second-order valence-electron chi connectivity index (χ2n) is 7.41. The summed E-state index contributed by atoms with van der Waals surface area (Å²) >= 11 is 0. The Morgan fingerprint density at radius 3 is 2.61 bits per heavy atom. The number of hydrogen-bond acceptors (Lipinski definition) is 4. The lowest BCUT2D eigenvalue weighted by Crippen LogP contribution is -2.21. The second-order valence-corrected chi connectivity index (χ2v) is 7.41. The van der Waals surface area contributed by atoms with E-state index in [1.807, 2.05) is 19.1 Å². The molecule has 0 saturated heterocycles. The van der Waals surface area contributed by atoms with Crippen molar-refractivity contribution in [3.05, 3.63) is 64.7 Å². The van der Waals surface area contributed by atoms with Gasteiger partial charge in [-0.05, 0) is 73.4 Å². The third kappa shape index (κ3) is 4.77. The molecule has 0 bridgehead atoms. The topological polar surface area (TPSA) is 108 Å². The molecule has 1 aliphatic rings. The molecule has 6 nitrogen and oxygen atoms in total. The van der Waals surface area contributed by atoms with Gasteiger partial charge < -0.3 is 11.1 Å². The van der Waals surface area contributed by atoms with Gasteiger partial charge in [0.15, 0.2) is 0 Å². The average Bonchev–Trinajstić information content (AvgIpc) is 2.72. The molecule has 3 rings (SSSR count). The van der Waals surface area contributed by atoms with Crippen molar-refractivity contribution in [1.82, 2.24) is 0 Å². The minimum absolute atomic E-state index is 0.0178. The van der Waals surface area contributed by atoms with Gasteiger partial charge in [0.2, 0.25) is 0 Å². The highest BCUT2D eigenvalue weighted by Crippen LogP contribution is 2.31. The Balaban J connectivity index is 1.64. The number of nitrogens with one attached hydrogen (secondary N) is 2. The third-order valence-corrected chi connectivity index (χ3v) is 5.45. The van der Waals surface area contributed by atoms with Crippen LogP contribution < -0.4 is 11.1 Å². The van der Waals surface area contributed by atoms with E-state index in [9.17, 15) is 4.79 Å². The van der Waals surface area contributed by atoms with Crippen molar-refractivity contribution < 1.29 is 14.9 Å². The lowest BCUT2D eigenvalue weighted by molar-refractivity contribution is -0.282. The number of aryl methyl sites for hydroxylation is 1. The minimum Gasteiger partial charge on any atom is -0.384 e. The predicted octanol–water partition coefficient (Wildman–Crippen LogP) is 3.99. The highest BCUT2D eigenvalue weighted by molar-refractivity contribution is 6.05. The molecule has 2 atom stereocenters. The van der Waals surface area contributed by atoms with Crippen LogP contribution in [0.15, 0.2) is 42.5 Å². The SMILES string of the molecule is CCC(CC1CCc2cc(NC(=O)c3ccc(C(=N)N)cc3)ccc2C1)OO. The minimum atomic E-state index is -0.186. The van der Waals surface area contributed by atoms with E-state index in [-0.39, 0.29) is 17.8 Å². The number of nitrogens with two attached hydrogens (primary N) is 1. The van der Waals surface area contributed by atoms with E-state index in [1.54, 1.807) is 24.3 Å². The number of hydrogen-bond donors (Lipinski definition) is 4. The van der Waals surface area contributed by atoms with Crippen molar-refractivity contribution in [3.8, 4) is 0 Å². The summed E-state index contributed by atoms with van der Waals surface area (Å²) in [5.41, 5.74) is 9.91. The van der Waals surface area contributed by atoms with Crippen LogP contribution in [0.2, 0.25) is 0 Å². The van der Waals surface area contributed by atoms with Gasteiger partial charge in [-0.3, -0.25) is 15.5 Å². The molecule has 2 aromatic carbocycles. The molecule has 28 heavy (non-hydrogen) atoms. The quantitative estimate of drug-likeness (QED) is 0.252. The van der Waals surface area contributed by atoms with Crippen molar-refractivity contribution in [2.75, 3.05) is 5.32 Å². The van der Waals surface area contributed by atoms with Gasteiger partial charge in [0.05, 0.1) is 6.10 Å². The summed E-state index contributed by atoms with van der Waals surface area (Å²) in [6.45, 7) is 2.01. The number of amidine groups is 1.